The quantitative estimate of drug-likeness (QED) is 0.346. The van der Waals surface area contributed by atoms with Gasteiger partial charge in [-0.1, -0.05) is 6.07 Å². The highest BCUT2D eigenvalue weighted by Gasteiger charge is 2.16. The number of aromatic nitrogens is 2. The van der Waals surface area contributed by atoms with Crippen molar-refractivity contribution in [3.63, 3.8) is 0 Å². The zero-order valence-electron chi connectivity index (χ0n) is 17.4. The molecule has 8 heteroatoms. The number of benzene rings is 2. The molecule has 6 nitrogen and oxygen atoms in total. The summed E-state index contributed by atoms with van der Waals surface area (Å²) in [4.78, 5) is 20.1. The average molecular weight is 436 g/mol. The second kappa shape index (κ2) is 9.47. The number of carbonyl (C=O) groups excluding carboxylic acids is 1. The number of aromatic amines is 1. The predicted octanol–water partition coefficient (Wildman–Crippen LogP) is 4.82. The number of nitrogens with one attached hydrogen (secondary N) is 3. The topological polar surface area (TPSA) is 79.0 Å². The number of carbonyl (C=O) groups is 1. The van der Waals surface area contributed by atoms with E-state index in [0.29, 0.717) is 30.1 Å². The molecule has 0 bridgehead atoms. The van der Waals surface area contributed by atoms with Crippen molar-refractivity contribution in [1.82, 2.24) is 15.3 Å². The first-order chi connectivity index (χ1) is 15.5. The van der Waals surface area contributed by atoms with Gasteiger partial charge in [0.25, 0.3) is 5.91 Å². The molecule has 0 aliphatic heterocycles. The molecule has 0 unspecified atom stereocenters. The van der Waals surface area contributed by atoms with E-state index in [2.05, 4.69) is 20.6 Å². The first kappa shape index (κ1) is 21.3. The molecular formula is C24H22F2N4O2. The second-order valence-electron chi connectivity index (χ2n) is 7.27. The number of H-pyrrole nitrogens is 1. The Morgan fingerprint density at radius 3 is 2.84 bits per heavy atom. The molecule has 0 spiro atoms. The SMILES string of the molecule is C[C@H](NC(=O)c1cccnc1NCCOc1ccc2cc[nH]c2c1)c1ccc(F)c(F)c1. The van der Waals surface area contributed by atoms with Crippen LogP contribution in [-0.2, 0) is 0 Å². The molecule has 0 fully saturated rings. The van der Waals surface area contributed by atoms with Crippen LogP contribution >= 0.6 is 0 Å². The summed E-state index contributed by atoms with van der Waals surface area (Å²) in [5, 5.41) is 7.01. The van der Waals surface area contributed by atoms with Gasteiger partial charge in [0.2, 0.25) is 0 Å². The highest BCUT2D eigenvalue weighted by atomic mass is 19.2. The van der Waals surface area contributed by atoms with Gasteiger partial charge in [-0.15, -0.1) is 0 Å². The van der Waals surface area contributed by atoms with Crippen molar-refractivity contribution in [2.75, 3.05) is 18.5 Å². The van der Waals surface area contributed by atoms with E-state index in [4.69, 9.17) is 4.74 Å². The highest BCUT2D eigenvalue weighted by Crippen LogP contribution is 2.20. The predicted molar refractivity (Wildman–Crippen MR) is 119 cm³/mol. The summed E-state index contributed by atoms with van der Waals surface area (Å²) in [5.74, 6) is -1.12. The van der Waals surface area contributed by atoms with Crippen molar-refractivity contribution in [2.45, 2.75) is 13.0 Å². The average Bonchev–Trinajstić information content (AvgIpc) is 3.26. The van der Waals surface area contributed by atoms with Gasteiger partial charge in [-0.2, -0.15) is 0 Å². The number of halogens is 2. The van der Waals surface area contributed by atoms with Gasteiger partial charge in [0.1, 0.15) is 18.2 Å². The summed E-state index contributed by atoms with van der Waals surface area (Å²) in [6.07, 6.45) is 3.45. The standard InChI is InChI=1S/C24H22F2N4O2/c1-15(17-5-7-20(25)21(26)13-17)30-24(31)19-3-2-9-28-23(19)29-11-12-32-18-6-4-16-8-10-27-22(16)14-18/h2-10,13-15,27H,11-12H2,1H3,(H,28,29)(H,30,31)/t15-/m0/s1. The minimum Gasteiger partial charge on any atom is -0.492 e. The minimum atomic E-state index is -0.956. The van der Waals surface area contributed by atoms with Crippen molar-refractivity contribution >= 4 is 22.6 Å². The Morgan fingerprint density at radius 2 is 2.00 bits per heavy atom. The summed E-state index contributed by atoms with van der Waals surface area (Å²) < 4.78 is 32.4. The van der Waals surface area contributed by atoms with Crippen molar-refractivity contribution in [3.8, 4) is 5.75 Å². The van der Waals surface area contributed by atoms with Crippen LogP contribution < -0.4 is 15.4 Å². The van der Waals surface area contributed by atoms with Crippen LogP contribution in [0.25, 0.3) is 10.9 Å². The fourth-order valence-corrected chi connectivity index (χ4v) is 3.32. The van der Waals surface area contributed by atoms with E-state index >= 15 is 0 Å². The maximum absolute atomic E-state index is 13.5. The van der Waals surface area contributed by atoms with E-state index in [1.165, 1.54) is 6.07 Å². The molecule has 2 heterocycles. The molecule has 0 aliphatic rings. The van der Waals surface area contributed by atoms with E-state index < -0.39 is 17.7 Å². The highest BCUT2D eigenvalue weighted by molar-refractivity contribution is 5.98. The Hall–Kier alpha value is -3.94. The fourth-order valence-electron chi connectivity index (χ4n) is 3.32. The van der Waals surface area contributed by atoms with Crippen molar-refractivity contribution in [1.29, 1.82) is 0 Å². The fraction of sp³-hybridized carbons (Fsp3) is 0.167. The summed E-state index contributed by atoms with van der Waals surface area (Å²) in [6, 6.07) is 14.1. The number of amides is 1. The van der Waals surface area contributed by atoms with Crippen LogP contribution in [0.15, 0.2) is 67.0 Å². The van der Waals surface area contributed by atoms with E-state index in [0.717, 1.165) is 28.8 Å². The molecule has 0 aliphatic carbocycles. The lowest BCUT2D eigenvalue weighted by Crippen LogP contribution is -2.28. The van der Waals surface area contributed by atoms with E-state index in [-0.39, 0.29) is 5.91 Å². The van der Waals surface area contributed by atoms with E-state index in [9.17, 15) is 13.6 Å². The lowest BCUT2D eigenvalue weighted by Gasteiger charge is -2.16. The molecule has 1 atom stereocenters. The van der Waals surface area contributed by atoms with Gasteiger partial charge in [-0.05, 0) is 60.3 Å². The van der Waals surface area contributed by atoms with E-state index in [1.807, 2.05) is 30.5 Å². The monoisotopic (exact) mass is 436 g/mol. The zero-order chi connectivity index (χ0) is 22.5. The molecule has 0 saturated heterocycles. The van der Waals surface area contributed by atoms with Crippen LogP contribution in [0.4, 0.5) is 14.6 Å². The number of pyridine rings is 1. The number of rotatable bonds is 8. The van der Waals surface area contributed by atoms with Crippen LogP contribution in [0.5, 0.6) is 5.75 Å². The summed E-state index contributed by atoms with van der Waals surface area (Å²) in [6.45, 7) is 2.50. The number of anilines is 1. The third kappa shape index (κ3) is 4.85. The number of hydrogen-bond donors (Lipinski definition) is 3. The van der Waals surface area contributed by atoms with Gasteiger partial charge >= 0.3 is 0 Å². The molecule has 32 heavy (non-hydrogen) atoms. The van der Waals surface area contributed by atoms with Crippen LogP contribution in [0, 0.1) is 11.6 Å². The Kier molecular flexibility index (Phi) is 6.30. The number of nitrogens with zero attached hydrogens (tertiary/aromatic N) is 1. The number of ether oxygens (including phenoxy) is 1. The third-order valence-corrected chi connectivity index (χ3v) is 5.03. The first-order valence-corrected chi connectivity index (χ1v) is 10.2. The lowest BCUT2D eigenvalue weighted by molar-refractivity contribution is 0.0940. The Labute approximate surface area is 183 Å². The number of fused-ring (bicyclic) bond motifs is 1. The van der Waals surface area contributed by atoms with Crippen LogP contribution in [0.3, 0.4) is 0 Å². The maximum Gasteiger partial charge on any atom is 0.255 e. The minimum absolute atomic E-state index is 0.342. The molecule has 0 radical (unpaired) electrons. The third-order valence-electron chi connectivity index (χ3n) is 5.03. The molecule has 4 aromatic rings. The molecule has 3 N–H and O–H groups in total. The van der Waals surface area contributed by atoms with Gasteiger partial charge in [0, 0.05) is 24.0 Å². The molecule has 0 saturated carbocycles. The Balaban J connectivity index is 1.35. The normalized spacial score (nSPS) is 11.8. The van der Waals surface area contributed by atoms with Crippen molar-refractivity contribution in [3.05, 3.63) is 89.8 Å². The van der Waals surface area contributed by atoms with Gasteiger partial charge in [0.15, 0.2) is 11.6 Å². The van der Waals surface area contributed by atoms with E-state index in [1.54, 1.807) is 25.3 Å². The summed E-state index contributed by atoms with van der Waals surface area (Å²) >= 11 is 0. The largest absolute Gasteiger partial charge is 0.492 e. The van der Waals surface area contributed by atoms with Gasteiger partial charge in [-0.25, -0.2) is 13.8 Å². The van der Waals surface area contributed by atoms with Crippen LogP contribution in [-0.4, -0.2) is 29.0 Å². The Morgan fingerprint density at radius 1 is 1.12 bits per heavy atom. The zero-order valence-corrected chi connectivity index (χ0v) is 17.4. The van der Waals surface area contributed by atoms with Gasteiger partial charge < -0.3 is 20.4 Å². The maximum atomic E-state index is 13.5. The van der Waals surface area contributed by atoms with Crippen molar-refractivity contribution < 1.29 is 18.3 Å². The summed E-state index contributed by atoms with van der Waals surface area (Å²) in [5.41, 5.74) is 1.80. The van der Waals surface area contributed by atoms with Crippen molar-refractivity contribution in [2.24, 2.45) is 0 Å². The van der Waals surface area contributed by atoms with Crippen LogP contribution in [0.2, 0.25) is 0 Å². The molecule has 164 valence electrons. The smallest absolute Gasteiger partial charge is 0.255 e. The molecule has 2 aromatic carbocycles. The summed E-state index contributed by atoms with van der Waals surface area (Å²) in [7, 11) is 0. The molecular weight excluding hydrogens is 414 g/mol. The van der Waals surface area contributed by atoms with Gasteiger partial charge in [-0.3, -0.25) is 4.79 Å². The molecule has 1 amide bonds. The van der Waals surface area contributed by atoms with Crippen LogP contribution in [0.1, 0.15) is 28.9 Å². The second-order valence-corrected chi connectivity index (χ2v) is 7.27. The molecule has 4 rings (SSSR count). The first-order valence-electron chi connectivity index (χ1n) is 10.2. The molecule has 2 aromatic heterocycles. The van der Waals surface area contributed by atoms with Gasteiger partial charge in [0.05, 0.1) is 18.2 Å². The Bertz CT molecular complexity index is 1240. The number of hydrogen-bond acceptors (Lipinski definition) is 4. The lowest BCUT2D eigenvalue weighted by atomic mass is 10.1.